The van der Waals surface area contributed by atoms with Gasteiger partial charge in [-0.15, -0.1) is 0 Å². The molecule has 1 aromatic carbocycles. The summed E-state index contributed by atoms with van der Waals surface area (Å²) in [5, 5.41) is 2.92. The molecule has 1 fully saturated rings. The first-order chi connectivity index (χ1) is 8.19. The van der Waals surface area contributed by atoms with Gasteiger partial charge >= 0.3 is 0 Å². The maximum atomic E-state index is 12.0. The van der Waals surface area contributed by atoms with Crippen LogP contribution in [0.4, 0.5) is 0 Å². The molecule has 0 spiro atoms. The molecule has 5 heteroatoms. The highest BCUT2D eigenvalue weighted by Gasteiger charge is 2.21. The Morgan fingerprint density at radius 3 is 3.00 bits per heavy atom. The van der Waals surface area contributed by atoms with Crippen LogP contribution in [0.1, 0.15) is 29.3 Å². The number of carbonyl (C=O) groups is 1. The average Bonchev–Trinajstić information content (AvgIpc) is 2.75. The second kappa shape index (κ2) is 5.27. The largest absolute Gasteiger partial charge is 0.335 e. The highest BCUT2D eigenvalue weighted by molar-refractivity contribution is 5.94. The van der Waals surface area contributed by atoms with Gasteiger partial charge in [0, 0.05) is 18.2 Å². The number of amides is 1. The fourth-order valence-electron chi connectivity index (χ4n) is 1.89. The molecule has 2 unspecified atom stereocenters. The summed E-state index contributed by atoms with van der Waals surface area (Å²) in [6, 6.07) is 7.74. The van der Waals surface area contributed by atoms with Gasteiger partial charge in [-0.05, 0) is 31.0 Å². The molecule has 0 radical (unpaired) electrons. The Morgan fingerprint density at radius 2 is 2.35 bits per heavy atom. The molecule has 2 atom stereocenters. The van der Waals surface area contributed by atoms with Crippen LogP contribution in [0.5, 0.6) is 0 Å². The summed E-state index contributed by atoms with van der Waals surface area (Å²) in [7, 11) is 0. The number of carbonyl (C=O) groups excluding carboxylic acids is 1. The van der Waals surface area contributed by atoms with Gasteiger partial charge in [0.05, 0.1) is 6.17 Å². The van der Waals surface area contributed by atoms with Crippen LogP contribution in [0, 0.1) is 0 Å². The molecular formula is C12H18N4O. The summed E-state index contributed by atoms with van der Waals surface area (Å²) < 4.78 is 0. The first-order valence-corrected chi connectivity index (χ1v) is 5.80. The van der Waals surface area contributed by atoms with E-state index in [0.29, 0.717) is 18.2 Å². The van der Waals surface area contributed by atoms with Crippen LogP contribution in [0.15, 0.2) is 24.3 Å². The Bertz CT molecular complexity index is 407. The summed E-state index contributed by atoms with van der Waals surface area (Å²) >= 11 is 0. The highest BCUT2D eigenvalue weighted by Crippen LogP contribution is 2.06. The Morgan fingerprint density at radius 1 is 1.53 bits per heavy atom. The van der Waals surface area contributed by atoms with Gasteiger partial charge in [-0.3, -0.25) is 10.2 Å². The second-order valence-electron chi connectivity index (χ2n) is 4.36. The highest BCUT2D eigenvalue weighted by atomic mass is 16.1. The van der Waals surface area contributed by atoms with E-state index in [-0.39, 0.29) is 12.1 Å². The van der Waals surface area contributed by atoms with Gasteiger partial charge in [0.15, 0.2) is 0 Å². The van der Waals surface area contributed by atoms with Crippen LogP contribution in [0.3, 0.4) is 0 Å². The van der Waals surface area contributed by atoms with Crippen molar-refractivity contribution < 1.29 is 4.79 Å². The third kappa shape index (κ3) is 3.03. The van der Waals surface area contributed by atoms with Crippen molar-refractivity contribution in [1.29, 1.82) is 0 Å². The maximum Gasteiger partial charge on any atom is 0.252 e. The quantitative estimate of drug-likeness (QED) is 0.597. The molecule has 17 heavy (non-hydrogen) atoms. The van der Waals surface area contributed by atoms with Crippen molar-refractivity contribution in [3.8, 4) is 0 Å². The lowest BCUT2D eigenvalue weighted by Crippen LogP contribution is -2.44. The van der Waals surface area contributed by atoms with E-state index in [1.165, 1.54) is 0 Å². The lowest BCUT2D eigenvalue weighted by atomic mass is 10.1. The Labute approximate surface area is 101 Å². The SMILES string of the molecule is CC1CC(NC(=O)c2cccc(CN)c2)NN1. The van der Waals surface area contributed by atoms with Gasteiger partial charge < -0.3 is 11.1 Å². The van der Waals surface area contributed by atoms with E-state index in [1.807, 2.05) is 18.2 Å². The third-order valence-corrected chi connectivity index (χ3v) is 2.82. The standard InChI is InChI=1S/C12H18N4O/c1-8-5-11(16-15-8)14-12(17)10-4-2-3-9(6-10)7-13/h2-4,6,8,11,15-16H,5,7,13H2,1H3,(H,14,17). The zero-order valence-electron chi connectivity index (χ0n) is 9.86. The molecule has 1 heterocycles. The minimum absolute atomic E-state index is 0.0148. The number of rotatable bonds is 3. The Hall–Kier alpha value is -1.43. The molecular weight excluding hydrogens is 216 g/mol. The Balaban J connectivity index is 1.99. The first kappa shape index (κ1) is 12.0. The number of benzene rings is 1. The van der Waals surface area contributed by atoms with Crippen LogP contribution < -0.4 is 21.9 Å². The number of hydrogen-bond donors (Lipinski definition) is 4. The average molecular weight is 234 g/mol. The van der Waals surface area contributed by atoms with Crippen LogP contribution in [0.25, 0.3) is 0 Å². The summed E-state index contributed by atoms with van der Waals surface area (Å²) in [6.07, 6.45) is 0.863. The van der Waals surface area contributed by atoms with Gasteiger partial charge in [0.2, 0.25) is 0 Å². The molecule has 1 aliphatic heterocycles. The monoisotopic (exact) mass is 234 g/mol. The topological polar surface area (TPSA) is 79.2 Å². The smallest absolute Gasteiger partial charge is 0.252 e. The number of hydrogen-bond acceptors (Lipinski definition) is 4. The molecule has 0 saturated carbocycles. The van der Waals surface area contributed by atoms with E-state index in [4.69, 9.17) is 5.73 Å². The summed E-state index contributed by atoms with van der Waals surface area (Å²) in [5.41, 5.74) is 13.2. The minimum atomic E-state index is -0.0753. The molecule has 92 valence electrons. The number of nitrogens with one attached hydrogen (secondary N) is 3. The van der Waals surface area contributed by atoms with Crippen LogP contribution in [-0.4, -0.2) is 18.1 Å². The van der Waals surface area contributed by atoms with Gasteiger partial charge in [-0.2, -0.15) is 0 Å². The number of nitrogens with two attached hydrogens (primary N) is 1. The van der Waals surface area contributed by atoms with E-state index in [9.17, 15) is 4.79 Å². The fourth-order valence-corrected chi connectivity index (χ4v) is 1.89. The zero-order chi connectivity index (χ0) is 12.3. The summed E-state index contributed by atoms with van der Waals surface area (Å²) in [6.45, 7) is 2.51. The van der Waals surface area contributed by atoms with E-state index in [1.54, 1.807) is 6.07 Å². The predicted octanol–water partition coefficient (Wildman–Crippen LogP) is 0.0876. The molecule has 5 N–H and O–H groups in total. The molecule has 1 aliphatic rings. The Kier molecular flexibility index (Phi) is 3.73. The van der Waals surface area contributed by atoms with Gasteiger partial charge in [0.1, 0.15) is 0 Å². The van der Waals surface area contributed by atoms with E-state index in [2.05, 4.69) is 23.1 Å². The predicted molar refractivity (Wildman–Crippen MR) is 65.9 cm³/mol. The minimum Gasteiger partial charge on any atom is -0.335 e. The van der Waals surface area contributed by atoms with Crippen LogP contribution >= 0.6 is 0 Å². The van der Waals surface area contributed by atoms with Crippen molar-refractivity contribution in [3.63, 3.8) is 0 Å². The molecule has 2 rings (SSSR count). The molecule has 1 saturated heterocycles. The lowest BCUT2D eigenvalue weighted by Gasteiger charge is -2.12. The van der Waals surface area contributed by atoms with E-state index in [0.717, 1.165) is 12.0 Å². The molecule has 0 bridgehead atoms. The van der Waals surface area contributed by atoms with E-state index < -0.39 is 0 Å². The van der Waals surface area contributed by atoms with Gasteiger partial charge in [-0.25, -0.2) is 5.43 Å². The van der Waals surface area contributed by atoms with E-state index >= 15 is 0 Å². The first-order valence-electron chi connectivity index (χ1n) is 5.80. The molecule has 1 amide bonds. The lowest BCUT2D eigenvalue weighted by molar-refractivity contribution is 0.0932. The number of hydrazine groups is 1. The van der Waals surface area contributed by atoms with Crippen molar-refractivity contribution in [2.45, 2.75) is 32.1 Å². The molecule has 5 nitrogen and oxygen atoms in total. The zero-order valence-corrected chi connectivity index (χ0v) is 9.86. The van der Waals surface area contributed by atoms with Crippen molar-refractivity contribution in [1.82, 2.24) is 16.2 Å². The van der Waals surface area contributed by atoms with Crippen molar-refractivity contribution in [2.75, 3.05) is 0 Å². The molecule has 0 aromatic heterocycles. The van der Waals surface area contributed by atoms with Crippen molar-refractivity contribution in [2.24, 2.45) is 5.73 Å². The van der Waals surface area contributed by atoms with Crippen molar-refractivity contribution >= 4 is 5.91 Å². The fraction of sp³-hybridized carbons (Fsp3) is 0.417. The van der Waals surface area contributed by atoms with Crippen molar-refractivity contribution in [3.05, 3.63) is 35.4 Å². The van der Waals surface area contributed by atoms with Crippen LogP contribution in [0.2, 0.25) is 0 Å². The third-order valence-electron chi connectivity index (χ3n) is 2.82. The normalized spacial score (nSPS) is 23.6. The maximum absolute atomic E-state index is 12.0. The summed E-state index contributed by atoms with van der Waals surface area (Å²) in [4.78, 5) is 12.0. The summed E-state index contributed by atoms with van der Waals surface area (Å²) in [5.74, 6) is -0.0753. The molecule has 0 aliphatic carbocycles. The molecule has 1 aromatic rings. The van der Waals surface area contributed by atoms with Gasteiger partial charge in [0.25, 0.3) is 5.91 Å². The van der Waals surface area contributed by atoms with Gasteiger partial charge in [-0.1, -0.05) is 12.1 Å². The van der Waals surface area contributed by atoms with Crippen LogP contribution in [-0.2, 0) is 6.54 Å². The second-order valence-corrected chi connectivity index (χ2v) is 4.36.